The number of amides is 4. The summed E-state index contributed by atoms with van der Waals surface area (Å²) in [7, 11) is 8.27. The first-order valence-corrected chi connectivity index (χ1v) is 31.4. The SMILES string of the molecule is COCCOCCOCCN(CC(SSCCCC(=O)NCCN1C(=O)C=CC1=O)C(C)C)c1cc(COc2cc3c(cc2OC)C(O)N2c4ccccc4C[C@H]2C=N3)cc(COc2cc(NS)c(C(=O)N3CCc4ccccc43)cc2OC)c1. The summed E-state index contributed by atoms with van der Waals surface area (Å²) in [6, 6.07) is 29.2. The van der Waals surface area contributed by atoms with E-state index in [-0.39, 0.29) is 67.1 Å². The number of methoxy groups -OCH3 is 3. The van der Waals surface area contributed by atoms with Gasteiger partial charge in [0.05, 0.1) is 70.2 Å². The highest BCUT2D eigenvalue weighted by atomic mass is 33.1. The summed E-state index contributed by atoms with van der Waals surface area (Å²) in [5.74, 6) is 1.59. The summed E-state index contributed by atoms with van der Waals surface area (Å²) in [6.45, 7) is 8.87. The van der Waals surface area contributed by atoms with Crippen molar-refractivity contribution in [3.63, 3.8) is 0 Å². The molecule has 5 aromatic rings. The second kappa shape index (κ2) is 30.4. The van der Waals surface area contributed by atoms with E-state index in [0.717, 1.165) is 62.8 Å². The van der Waals surface area contributed by atoms with E-state index in [9.17, 15) is 24.3 Å². The summed E-state index contributed by atoms with van der Waals surface area (Å²) in [6.07, 6.45) is 5.83. The molecule has 4 amide bonds. The zero-order valence-electron chi connectivity index (χ0n) is 48.7. The molecule has 0 saturated carbocycles. The first kappa shape index (κ1) is 62.6. The molecule has 0 saturated heterocycles. The van der Waals surface area contributed by atoms with Gasteiger partial charge in [-0.3, -0.25) is 29.1 Å². The molecular weight excluding hydrogens is 1140 g/mol. The number of rotatable bonds is 32. The van der Waals surface area contributed by atoms with Gasteiger partial charge in [0, 0.05) is 117 Å². The van der Waals surface area contributed by atoms with Crippen LogP contribution in [0.25, 0.3) is 0 Å². The van der Waals surface area contributed by atoms with Crippen LogP contribution >= 0.6 is 34.4 Å². The van der Waals surface area contributed by atoms with Crippen molar-refractivity contribution in [3.05, 3.63) is 137 Å². The van der Waals surface area contributed by atoms with Crippen LogP contribution in [0.3, 0.4) is 0 Å². The fraction of sp³-hybridized carbons (Fsp3) is 0.413. The molecule has 5 aromatic carbocycles. The standard InChI is InChI=1S/C63H75N7O12S3/c1-41(2)58(85-84-28-10-15-59(71)64-19-21-69-60(72)16-17-61(69)73)38-67(22-23-79-26-27-80-25-24-76-3)46-30-42(39-81-56-35-50-48(33-54(56)77-4)63(75)70-47(37-65-50)32-45-12-7-9-14-53(45)70)29-43(31-46)40-82-57-36-51(66-83)49(34-55(57)78-5)62(74)68-20-18-44-11-6-8-13-52(44)68/h6-9,11-14,16-17,29-31,33-37,41,47,58,63,66,75,83H,10,15,18-28,32,38-40H2,1-5H3,(H,64,71)/t47-,58?,63?/m0/s1. The average Bonchev–Trinajstić information content (AvgIpc) is 2.38. The molecule has 3 N–H and O–H groups in total. The van der Waals surface area contributed by atoms with Crippen molar-refractivity contribution >= 4 is 92.7 Å². The number of hydrogen-bond donors (Lipinski definition) is 4. The Hall–Kier alpha value is -6.92. The zero-order valence-corrected chi connectivity index (χ0v) is 51.2. The van der Waals surface area contributed by atoms with E-state index in [2.05, 4.69) is 59.8 Å². The lowest BCUT2D eigenvalue weighted by Gasteiger charge is -2.31. The molecule has 452 valence electrons. The Morgan fingerprint density at radius 1 is 0.812 bits per heavy atom. The molecule has 0 fully saturated rings. The molecule has 9 rings (SSSR count). The number of fused-ring (bicyclic) bond motifs is 5. The van der Waals surface area contributed by atoms with Crippen LogP contribution in [0.2, 0.25) is 0 Å². The van der Waals surface area contributed by atoms with Gasteiger partial charge >= 0.3 is 0 Å². The molecule has 3 atom stereocenters. The number of aliphatic hydroxyl groups is 1. The van der Waals surface area contributed by atoms with Gasteiger partial charge < -0.3 is 63.0 Å². The molecular formula is C63H75N7O12S3. The van der Waals surface area contributed by atoms with Crippen molar-refractivity contribution in [2.75, 3.05) is 112 Å². The number of carbonyl (C=O) groups excluding carboxylic acids is 4. The van der Waals surface area contributed by atoms with E-state index in [1.807, 2.05) is 65.7 Å². The number of anilines is 4. The van der Waals surface area contributed by atoms with Gasteiger partial charge in [-0.05, 0) is 83.5 Å². The molecule has 0 bridgehead atoms. The van der Waals surface area contributed by atoms with Crippen molar-refractivity contribution in [1.82, 2.24) is 10.2 Å². The fourth-order valence-electron chi connectivity index (χ4n) is 10.6. The smallest absolute Gasteiger partial charge is 0.260 e. The Bertz CT molecular complexity index is 3200. The second-order valence-electron chi connectivity index (χ2n) is 21.1. The van der Waals surface area contributed by atoms with Crippen molar-refractivity contribution < 1.29 is 57.4 Å². The van der Waals surface area contributed by atoms with Crippen LogP contribution in [0.15, 0.2) is 108 Å². The maximum absolute atomic E-state index is 14.2. The van der Waals surface area contributed by atoms with Gasteiger partial charge in [0.25, 0.3) is 17.7 Å². The number of nitrogens with zero attached hydrogens (tertiary/aromatic N) is 5. The molecule has 0 radical (unpaired) electrons. The molecule has 22 heteroatoms. The Balaban J connectivity index is 0.963. The lowest BCUT2D eigenvalue weighted by Crippen LogP contribution is -2.38. The van der Waals surface area contributed by atoms with Crippen molar-refractivity contribution in [1.29, 1.82) is 0 Å². The lowest BCUT2D eigenvalue weighted by atomic mass is 10.1. The third-order valence-electron chi connectivity index (χ3n) is 15.1. The van der Waals surface area contributed by atoms with E-state index in [0.29, 0.717) is 111 Å². The van der Waals surface area contributed by atoms with Crippen LogP contribution in [-0.4, -0.2) is 144 Å². The number of carbonyl (C=O) groups is 4. The van der Waals surface area contributed by atoms with Gasteiger partial charge in [0.15, 0.2) is 29.2 Å². The fourth-order valence-corrected chi connectivity index (χ4v) is 13.8. The zero-order chi connectivity index (χ0) is 59.8. The molecule has 0 aliphatic carbocycles. The number of nitrogens with one attached hydrogen (secondary N) is 2. The summed E-state index contributed by atoms with van der Waals surface area (Å²) >= 11 is 4.44. The molecule has 19 nitrogen and oxygen atoms in total. The molecule has 4 aliphatic heterocycles. The molecule has 0 spiro atoms. The molecule has 4 aliphatic rings. The van der Waals surface area contributed by atoms with Crippen LogP contribution in [0.4, 0.5) is 28.4 Å². The predicted octanol–water partition coefficient (Wildman–Crippen LogP) is 9.17. The number of aliphatic hydroxyl groups excluding tert-OH is 1. The third kappa shape index (κ3) is 15.8. The van der Waals surface area contributed by atoms with E-state index in [1.54, 1.807) is 66.0 Å². The summed E-state index contributed by atoms with van der Waals surface area (Å²) < 4.78 is 45.2. The first-order chi connectivity index (χ1) is 41.4. The predicted molar refractivity (Wildman–Crippen MR) is 338 cm³/mol. The van der Waals surface area contributed by atoms with E-state index < -0.39 is 6.23 Å². The number of para-hydroxylation sites is 2. The number of ether oxygens (including phenoxy) is 7. The highest BCUT2D eigenvalue weighted by Crippen LogP contribution is 2.46. The van der Waals surface area contributed by atoms with Crippen molar-refractivity contribution in [3.8, 4) is 23.0 Å². The minimum absolute atomic E-state index is 0.103. The quantitative estimate of drug-likeness (QED) is 0.0137. The maximum Gasteiger partial charge on any atom is 0.260 e. The number of hydrogen-bond acceptors (Lipinski definition) is 19. The number of thiol groups is 1. The van der Waals surface area contributed by atoms with Gasteiger partial charge in [-0.15, -0.1) is 0 Å². The minimum Gasteiger partial charge on any atom is -0.493 e. The number of imide groups is 1. The van der Waals surface area contributed by atoms with Gasteiger partial charge in [-0.25, -0.2) is 0 Å². The second-order valence-corrected chi connectivity index (χ2v) is 24.0. The topological polar surface area (TPSA) is 202 Å². The molecule has 2 unspecified atom stereocenters. The summed E-state index contributed by atoms with van der Waals surface area (Å²) in [5, 5.41) is 14.9. The van der Waals surface area contributed by atoms with Gasteiger partial charge in [0.1, 0.15) is 13.2 Å². The van der Waals surface area contributed by atoms with Crippen LogP contribution in [-0.2, 0) is 54.6 Å². The van der Waals surface area contributed by atoms with Crippen molar-refractivity contribution in [2.24, 2.45) is 10.9 Å². The third-order valence-corrected chi connectivity index (χ3v) is 18.5. The minimum atomic E-state index is -0.973. The Morgan fingerprint density at radius 2 is 1.48 bits per heavy atom. The van der Waals surface area contributed by atoms with Crippen LogP contribution in [0, 0.1) is 5.92 Å². The average molecular weight is 1220 g/mol. The van der Waals surface area contributed by atoms with E-state index in [1.165, 1.54) is 12.2 Å². The van der Waals surface area contributed by atoms with Crippen LogP contribution < -0.4 is 43.7 Å². The van der Waals surface area contributed by atoms with Gasteiger partial charge in [0.2, 0.25) is 5.91 Å². The summed E-state index contributed by atoms with van der Waals surface area (Å²) in [4.78, 5) is 62.9. The van der Waals surface area contributed by atoms with Crippen LogP contribution in [0.5, 0.6) is 23.0 Å². The maximum atomic E-state index is 14.2. The monoisotopic (exact) mass is 1220 g/mol. The highest BCUT2D eigenvalue weighted by molar-refractivity contribution is 8.76. The lowest BCUT2D eigenvalue weighted by molar-refractivity contribution is -0.137. The van der Waals surface area contributed by atoms with Crippen molar-refractivity contribution in [2.45, 2.75) is 70.3 Å². The molecule has 0 aromatic heterocycles. The summed E-state index contributed by atoms with van der Waals surface area (Å²) in [5.41, 5.74) is 8.70. The van der Waals surface area contributed by atoms with Gasteiger partial charge in [-0.2, -0.15) is 0 Å². The number of aliphatic imine (C=N–C) groups is 1. The van der Waals surface area contributed by atoms with E-state index >= 15 is 0 Å². The Labute approximate surface area is 510 Å². The molecule has 4 heterocycles. The highest BCUT2D eigenvalue weighted by Gasteiger charge is 2.37. The Kier molecular flexibility index (Phi) is 22.4. The van der Waals surface area contributed by atoms with Crippen LogP contribution in [0.1, 0.15) is 71.1 Å². The van der Waals surface area contributed by atoms with Gasteiger partial charge in [-0.1, -0.05) is 84.6 Å². The number of benzene rings is 5. The molecule has 85 heavy (non-hydrogen) atoms. The normalized spacial score (nSPS) is 16.0. The first-order valence-electron chi connectivity index (χ1n) is 28.6. The Morgan fingerprint density at radius 3 is 2.19 bits per heavy atom. The largest absolute Gasteiger partial charge is 0.493 e. The van der Waals surface area contributed by atoms with E-state index in [4.69, 9.17) is 38.2 Å².